The van der Waals surface area contributed by atoms with Crippen molar-refractivity contribution in [3.05, 3.63) is 29.8 Å². The van der Waals surface area contributed by atoms with Crippen LogP contribution in [0.5, 0.6) is 0 Å². The number of amides is 1. The number of hydrogen-bond donors (Lipinski definition) is 1. The number of pyridine rings is 1. The SMILES string of the molecule is CC1NCCN(Cc2cncc(F)c2)C1=O. The third kappa shape index (κ3) is 2.36. The summed E-state index contributed by atoms with van der Waals surface area (Å²) in [5, 5.41) is 3.08. The second kappa shape index (κ2) is 4.57. The third-order valence-corrected chi connectivity index (χ3v) is 2.65. The minimum absolute atomic E-state index is 0.0514. The molecule has 0 aromatic carbocycles. The molecule has 2 heterocycles. The molecular weight excluding hydrogens is 209 g/mol. The van der Waals surface area contributed by atoms with Gasteiger partial charge in [-0.1, -0.05) is 0 Å². The van der Waals surface area contributed by atoms with Crippen molar-refractivity contribution in [3.63, 3.8) is 0 Å². The highest BCUT2D eigenvalue weighted by Crippen LogP contribution is 2.08. The van der Waals surface area contributed by atoms with E-state index in [0.717, 1.165) is 18.3 Å². The molecule has 1 aromatic heterocycles. The van der Waals surface area contributed by atoms with Crippen molar-refractivity contribution in [2.45, 2.75) is 19.5 Å². The highest BCUT2D eigenvalue weighted by Gasteiger charge is 2.24. The van der Waals surface area contributed by atoms with Crippen LogP contribution in [0.2, 0.25) is 0 Å². The Hall–Kier alpha value is -1.49. The van der Waals surface area contributed by atoms with Gasteiger partial charge in [0.2, 0.25) is 5.91 Å². The molecule has 1 saturated heterocycles. The van der Waals surface area contributed by atoms with Crippen LogP contribution >= 0.6 is 0 Å². The van der Waals surface area contributed by atoms with E-state index in [4.69, 9.17) is 0 Å². The van der Waals surface area contributed by atoms with Gasteiger partial charge in [0.15, 0.2) is 0 Å². The second-order valence-electron chi connectivity index (χ2n) is 3.95. The van der Waals surface area contributed by atoms with Crippen LogP contribution in [0.25, 0.3) is 0 Å². The number of piperazine rings is 1. The first kappa shape index (κ1) is 11.0. The molecule has 1 N–H and O–H groups in total. The molecule has 1 aliphatic rings. The zero-order valence-corrected chi connectivity index (χ0v) is 9.11. The van der Waals surface area contributed by atoms with Gasteiger partial charge in [0, 0.05) is 25.8 Å². The maximum atomic E-state index is 12.9. The molecule has 1 unspecified atom stereocenters. The Morgan fingerprint density at radius 3 is 3.19 bits per heavy atom. The zero-order chi connectivity index (χ0) is 11.5. The van der Waals surface area contributed by atoms with Crippen LogP contribution in [0.4, 0.5) is 4.39 Å². The molecule has 1 aliphatic heterocycles. The first-order valence-corrected chi connectivity index (χ1v) is 5.28. The Balaban J connectivity index is 2.06. The molecule has 1 atom stereocenters. The second-order valence-corrected chi connectivity index (χ2v) is 3.95. The summed E-state index contributed by atoms with van der Waals surface area (Å²) in [5.41, 5.74) is 0.724. The molecule has 0 bridgehead atoms. The fraction of sp³-hybridized carbons (Fsp3) is 0.455. The number of nitrogens with zero attached hydrogens (tertiary/aromatic N) is 2. The number of rotatable bonds is 2. The Bertz CT molecular complexity index is 397. The summed E-state index contributed by atoms with van der Waals surface area (Å²) in [5.74, 6) is -0.316. The van der Waals surface area contributed by atoms with E-state index in [2.05, 4.69) is 10.3 Å². The highest BCUT2D eigenvalue weighted by molar-refractivity contribution is 5.82. The normalized spacial score (nSPS) is 21.2. The average molecular weight is 223 g/mol. The van der Waals surface area contributed by atoms with Gasteiger partial charge in [-0.05, 0) is 18.6 Å². The summed E-state index contributed by atoms with van der Waals surface area (Å²) in [7, 11) is 0. The molecule has 0 spiro atoms. The lowest BCUT2D eigenvalue weighted by molar-refractivity contribution is -0.135. The number of carbonyl (C=O) groups is 1. The van der Waals surface area contributed by atoms with E-state index in [-0.39, 0.29) is 17.8 Å². The van der Waals surface area contributed by atoms with E-state index < -0.39 is 0 Å². The van der Waals surface area contributed by atoms with Gasteiger partial charge >= 0.3 is 0 Å². The predicted molar refractivity (Wildman–Crippen MR) is 57.1 cm³/mol. The molecular formula is C11H14FN3O. The number of halogens is 1. The summed E-state index contributed by atoms with van der Waals surface area (Å²) in [6.07, 6.45) is 2.74. The van der Waals surface area contributed by atoms with E-state index >= 15 is 0 Å². The van der Waals surface area contributed by atoms with Crippen LogP contribution in [0.15, 0.2) is 18.5 Å². The monoisotopic (exact) mass is 223 g/mol. The maximum absolute atomic E-state index is 12.9. The number of hydrogen-bond acceptors (Lipinski definition) is 3. The van der Waals surface area contributed by atoms with Gasteiger partial charge in [0.1, 0.15) is 5.82 Å². The summed E-state index contributed by atoms with van der Waals surface area (Å²) in [6, 6.07) is 1.25. The van der Waals surface area contributed by atoms with Crippen LogP contribution in [-0.2, 0) is 11.3 Å². The van der Waals surface area contributed by atoms with E-state index in [1.807, 2.05) is 6.92 Å². The van der Waals surface area contributed by atoms with Gasteiger partial charge in [0.25, 0.3) is 0 Å². The molecule has 1 amide bonds. The highest BCUT2D eigenvalue weighted by atomic mass is 19.1. The van der Waals surface area contributed by atoms with Crippen LogP contribution in [0.1, 0.15) is 12.5 Å². The van der Waals surface area contributed by atoms with E-state index in [9.17, 15) is 9.18 Å². The smallest absolute Gasteiger partial charge is 0.239 e. The van der Waals surface area contributed by atoms with Crippen molar-refractivity contribution < 1.29 is 9.18 Å². The summed E-state index contributed by atoms with van der Waals surface area (Å²) < 4.78 is 12.9. The largest absolute Gasteiger partial charge is 0.336 e. The molecule has 5 heteroatoms. The van der Waals surface area contributed by atoms with Crippen molar-refractivity contribution >= 4 is 5.91 Å². The van der Waals surface area contributed by atoms with Crippen molar-refractivity contribution in [1.82, 2.24) is 15.2 Å². The van der Waals surface area contributed by atoms with Gasteiger partial charge in [-0.25, -0.2) is 4.39 Å². The standard InChI is InChI=1S/C11H14FN3O/c1-8-11(16)15(3-2-14-8)7-9-4-10(12)6-13-5-9/h4-6,8,14H,2-3,7H2,1H3. The maximum Gasteiger partial charge on any atom is 0.239 e. The molecule has 4 nitrogen and oxygen atoms in total. The topological polar surface area (TPSA) is 45.2 Å². The Morgan fingerprint density at radius 1 is 1.62 bits per heavy atom. The van der Waals surface area contributed by atoms with Crippen LogP contribution in [-0.4, -0.2) is 34.9 Å². The lowest BCUT2D eigenvalue weighted by Gasteiger charge is -2.31. The molecule has 86 valence electrons. The summed E-state index contributed by atoms with van der Waals surface area (Å²) in [6.45, 7) is 3.68. The molecule has 0 radical (unpaired) electrons. The number of carbonyl (C=O) groups excluding carboxylic acids is 1. The van der Waals surface area contributed by atoms with Gasteiger partial charge in [-0.2, -0.15) is 0 Å². The first-order valence-electron chi connectivity index (χ1n) is 5.28. The van der Waals surface area contributed by atoms with Crippen molar-refractivity contribution in [3.8, 4) is 0 Å². The molecule has 1 aromatic rings. The Labute approximate surface area is 93.5 Å². The quantitative estimate of drug-likeness (QED) is 0.796. The van der Waals surface area contributed by atoms with E-state index in [1.165, 1.54) is 6.07 Å². The third-order valence-electron chi connectivity index (χ3n) is 2.65. The van der Waals surface area contributed by atoms with Crippen LogP contribution in [0.3, 0.4) is 0 Å². The molecule has 1 fully saturated rings. The summed E-state index contributed by atoms with van der Waals surface area (Å²) >= 11 is 0. The first-order chi connectivity index (χ1) is 7.66. The van der Waals surface area contributed by atoms with E-state index in [0.29, 0.717) is 13.1 Å². The molecule has 0 aliphatic carbocycles. The minimum Gasteiger partial charge on any atom is -0.336 e. The van der Waals surface area contributed by atoms with Crippen molar-refractivity contribution in [2.24, 2.45) is 0 Å². The van der Waals surface area contributed by atoms with Gasteiger partial charge < -0.3 is 10.2 Å². The van der Waals surface area contributed by atoms with E-state index in [1.54, 1.807) is 11.1 Å². The molecule has 16 heavy (non-hydrogen) atoms. The molecule has 2 rings (SSSR count). The lowest BCUT2D eigenvalue weighted by atomic mass is 10.2. The molecule has 0 saturated carbocycles. The fourth-order valence-corrected chi connectivity index (χ4v) is 1.81. The average Bonchev–Trinajstić information content (AvgIpc) is 2.25. The summed E-state index contributed by atoms with van der Waals surface area (Å²) in [4.78, 5) is 17.2. The van der Waals surface area contributed by atoms with Crippen LogP contribution < -0.4 is 5.32 Å². The van der Waals surface area contributed by atoms with Crippen molar-refractivity contribution in [2.75, 3.05) is 13.1 Å². The van der Waals surface area contributed by atoms with Gasteiger partial charge in [-0.3, -0.25) is 9.78 Å². The van der Waals surface area contributed by atoms with Crippen molar-refractivity contribution in [1.29, 1.82) is 0 Å². The van der Waals surface area contributed by atoms with Gasteiger partial charge in [0.05, 0.1) is 12.2 Å². The fourth-order valence-electron chi connectivity index (χ4n) is 1.81. The lowest BCUT2D eigenvalue weighted by Crippen LogP contribution is -2.53. The Morgan fingerprint density at radius 2 is 2.44 bits per heavy atom. The minimum atomic E-state index is -0.367. The predicted octanol–water partition coefficient (Wildman–Crippen LogP) is 0.541. The number of aromatic nitrogens is 1. The Kier molecular flexibility index (Phi) is 3.14. The van der Waals surface area contributed by atoms with Gasteiger partial charge in [-0.15, -0.1) is 0 Å². The van der Waals surface area contributed by atoms with Crippen LogP contribution in [0, 0.1) is 5.82 Å². The zero-order valence-electron chi connectivity index (χ0n) is 9.11. The number of nitrogens with one attached hydrogen (secondary N) is 1.